The topological polar surface area (TPSA) is 214 Å². The standard InChI is InChI=1S/C63H102O14/c1-3-5-7-9-11-13-15-17-19-21-23-24-25-26-27-29-31-33-35-37-39-41-43-45-47-72-49-52(75-55(65)46-44-42-40-38-36-34-32-30-28-22-20-18-16-14-12-10-8-6-4-2)50-73-62-61(71)59(69)57(67)54(77-62)51-74-63-60(70)58(68)56(66)53(48-64)76-63/h5-8,11-14,17-20,23-24,28,30,34,36,40,42,52-54,56-64,66-71H,3-4,9-10,15-16,21-22,25-27,29,31-33,35,37-39,41,43-51H2,1-2H3/b7-5-,8-6-,13-11-,14-12-,19-17-,20-18-,24-23-,30-28-,36-34-,42-40-. The summed E-state index contributed by atoms with van der Waals surface area (Å²) in [5, 5.41) is 72.4. The average molecular weight is 1080 g/mol. The van der Waals surface area contributed by atoms with Crippen molar-refractivity contribution >= 4 is 5.97 Å². The first-order valence-electron chi connectivity index (χ1n) is 29.1. The molecule has 0 aromatic heterocycles. The molecule has 0 radical (unpaired) electrons. The Balaban J connectivity index is 1.74. The quantitative estimate of drug-likeness (QED) is 0.0172. The summed E-state index contributed by atoms with van der Waals surface area (Å²) in [5.41, 5.74) is 0. The molecule has 2 aliphatic rings. The molecule has 14 nitrogen and oxygen atoms in total. The van der Waals surface area contributed by atoms with E-state index in [1.165, 1.54) is 51.4 Å². The highest BCUT2D eigenvalue weighted by molar-refractivity contribution is 5.69. The van der Waals surface area contributed by atoms with Crippen molar-refractivity contribution in [2.75, 3.05) is 33.0 Å². The summed E-state index contributed by atoms with van der Waals surface area (Å²) in [6.07, 6.45) is 51.3. The van der Waals surface area contributed by atoms with Crippen molar-refractivity contribution < 1.29 is 69.0 Å². The van der Waals surface area contributed by atoms with Crippen LogP contribution in [0.1, 0.15) is 168 Å². The van der Waals surface area contributed by atoms with Gasteiger partial charge in [0, 0.05) is 13.0 Å². The van der Waals surface area contributed by atoms with Gasteiger partial charge in [-0.2, -0.15) is 0 Å². The zero-order valence-corrected chi connectivity index (χ0v) is 46.9. The van der Waals surface area contributed by atoms with Crippen LogP contribution in [0.15, 0.2) is 122 Å². The van der Waals surface area contributed by atoms with E-state index in [0.29, 0.717) is 13.0 Å². The first-order chi connectivity index (χ1) is 37.6. The fourth-order valence-corrected chi connectivity index (χ4v) is 8.36. The monoisotopic (exact) mass is 1080 g/mol. The fraction of sp³-hybridized carbons (Fsp3) is 0.667. The van der Waals surface area contributed by atoms with Gasteiger partial charge in [0.05, 0.1) is 26.4 Å². The predicted octanol–water partition coefficient (Wildman–Crippen LogP) is 10.5. The molecule has 77 heavy (non-hydrogen) atoms. The number of carbonyl (C=O) groups is 1. The highest BCUT2D eigenvalue weighted by atomic mass is 16.7. The van der Waals surface area contributed by atoms with E-state index in [-0.39, 0.29) is 19.6 Å². The van der Waals surface area contributed by atoms with Gasteiger partial charge in [-0.25, -0.2) is 0 Å². The second-order valence-electron chi connectivity index (χ2n) is 19.7. The lowest BCUT2D eigenvalue weighted by atomic mass is 9.98. The van der Waals surface area contributed by atoms with E-state index in [9.17, 15) is 40.5 Å². The largest absolute Gasteiger partial charge is 0.457 e. The summed E-state index contributed by atoms with van der Waals surface area (Å²) in [4.78, 5) is 13.0. The number of hydrogen-bond acceptors (Lipinski definition) is 14. The summed E-state index contributed by atoms with van der Waals surface area (Å²) in [5.74, 6) is -0.463. The molecule has 2 heterocycles. The number of allylic oxidation sites excluding steroid dienone is 20. The Morgan fingerprint density at radius 1 is 0.429 bits per heavy atom. The van der Waals surface area contributed by atoms with Crippen LogP contribution in [0.3, 0.4) is 0 Å². The summed E-state index contributed by atoms with van der Waals surface area (Å²) >= 11 is 0. The summed E-state index contributed by atoms with van der Waals surface area (Å²) in [6.45, 7) is 3.34. The Labute approximate surface area is 463 Å². The minimum absolute atomic E-state index is 0.0206. The Hall–Kier alpha value is -3.61. The van der Waals surface area contributed by atoms with Gasteiger partial charge in [-0.05, 0) is 89.9 Å². The molecule has 7 N–H and O–H groups in total. The third-order valence-corrected chi connectivity index (χ3v) is 13.0. The fourth-order valence-electron chi connectivity index (χ4n) is 8.36. The highest BCUT2D eigenvalue weighted by Crippen LogP contribution is 2.26. The minimum atomic E-state index is -1.73. The van der Waals surface area contributed by atoms with Crippen molar-refractivity contribution in [2.45, 2.75) is 235 Å². The van der Waals surface area contributed by atoms with E-state index in [1.807, 2.05) is 12.2 Å². The third-order valence-electron chi connectivity index (χ3n) is 13.0. The molecule has 14 heteroatoms. The average Bonchev–Trinajstić information content (AvgIpc) is 3.43. The van der Waals surface area contributed by atoms with Crippen LogP contribution < -0.4 is 0 Å². The first-order valence-corrected chi connectivity index (χ1v) is 29.1. The Kier molecular flexibility index (Phi) is 43.6. The second kappa shape index (κ2) is 48.3. The van der Waals surface area contributed by atoms with Crippen LogP contribution in [-0.2, 0) is 33.2 Å². The lowest BCUT2D eigenvalue weighted by Gasteiger charge is -2.42. The van der Waals surface area contributed by atoms with Crippen molar-refractivity contribution in [3.05, 3.63) is 122 Å². The van der Waals surface area contributed by atoms with Gasteiger partial charge in [0.2, 0.25) is 0 Å². The van der Waals surface area contributed by atoms with Crippen LogP contribution in [0, 0.1) is 0 Å². The molecule has 2 aliphatic heterocycles. The molecule has 0 aromatic rings. The number of unbranched alkanes of at least 4 members (excludes halogenated alkanes) is 11. The van der Waals surface area contributed by atoms with Gasteiger partial charge >= 0.3 is 5.97 Å². The summed E-state index contributed by atoms with van der Waals surface area (Å²) in [7, 11) is 0. The van der Waals surface area contributed by atoms with E-state index in [4.69, 9.17) is 28.4 Å². The zero-order chi connectivity index (χ0) is 55.8. The normalized spacial score (nSPS) is 25.2. The molecule has 2 fully saturated rings. The lowest BCUT2D eigenvalue weighted by Crippen LogP contribution is -2.61. The number of aliphatic hydroxyl groups is 7. The molecule has 11 atom stereocenters. The number of esters is 1. The molecule has 2 saturated heterocycles. The number of rotatable bonds is 45. The number of aliphatic hydroxyl groups excluding tert-OH is 7. The molecule has 0 spiro atoms. The van der Waals surface area contributed by atoms with Gasteiger partial charge in [-0.3, -0.25) is 4.79 Å². The van der Waals surface area contributed by atoms with Gasteiger partial charge in [-0.15, -0.1) is 0 Å². The maximum absolute atomic E-state index is 13.0. The molecule has 0 aromatic carbocycles. The molecular weight excluding hydrogens is 981 g/mol. The van der Waals surface area contributed by atoms with Gasteiger partial charge < -0.3 is 64.2 Å². The van der Waals surface area contributed by atoms with Crippen molar-refractivity contribution in [3.63, 3.8) is 0 Å². The van der Waals surface area contributed by atoms with E-state index >= 15 is 0 Å². The highest BCUT2D eigenvalue weighted by Gasteiger charge is 2.47. The smallest absolute Gasteiger partial charge is 0.306 e. The predicted molar refractivity (Wildman–Crippen MR) is 307 cm³/mol. The van der Waals surface area contributed by atoms with E-state index in [0.717, 1.165) is 89.9 Å². The van der Waals surface area contributed by atoms with Crippen molar-refractivity contribution in [1.82, 2.24) is 0 Å². The molecule has 0 saturated carbocycles. The van der Waals surface area contributed by atoms with E-state index in [2.05, 4.69) is 123 Å². The third kappa shape index (κ3) is 34.9. The van der Waals surface area contributed by atoms with E-state index in [1.54, 1.807) is 0 Å². The van der Waals surface area contributed by atoms with Crippen LogP contribution in [0.4, 0.5) is 0 Å². The zero-order valence-electron chi connectivity index (χ0n) is 46.9. The molecular formula is C63H102O14. The molecule has 11 unspecified atom stereocenters. The Bertz CT molecular complexity index is 1730. The SMILES string of the molecule is CC/C=C\C/C=C\C/C=C\C/C=C\C/C=C\C/C=C\CCC(=O)OC(COCCCCCCCCCCCCC/C=C\C/C=C\C/C=C\C/C=C\CC)COC1OC(COC2OC(CO)C(O)C(O)C2O)C(O)C(O)C1O. The maximum Gasteiger partial charge on any atom is 0.306 e. The number of hydrogen-bond donors (Lipinski definition) is 7. The van der Waals surface area contributed by atoms with Gasteiger partial charge in [0.15, 0.2) is 12.6 Å². The number of carbonyl (C=O) groups excluding carboxylic acids is 1. The maximum atomic E-state index is 13.0. The van der Waals surface area contributed by atoms with Gasteiger partial charge in [0.25, 0.3) is 0 Å². The first kappa shape index (κ1) is 69.5. The molecule has 438 valence electrons. The van der Waals surface area contributed by atoms with Crippen molar-refractivity contribution in [2.24, 2.45) is 0 Å². The van der Waals surface area contributed by atoms with Gasteiger partial charge in [-0.1, -0.05) is 193 Å². The summed E-state index contributed by atoms with van der Waals surface area (Å²) < 4.78 is 34.3. The Morgan fingerprint density at radius 3 is 1.26 bits per heavy atom. The van der Waals surface area contributed by atoms with Crippen LogP contribution in [0.2, 0.25) is 0 Å². The molecule has 0 bridgehead atoms. The van der Waals surface area contributed by atoms with Crippen LogP contribution >= 0.6 is 0 Å². The summed E-state index contributed by atoms with van der Waals surface area (Å²) in [6, 6.07) is 0. The molecule has 0 amide bonds. The van der Waals surface area contributed by atoms with Gasteiger partial charge in [0.1, 0.15) is 54.9 Å². The Morgan fingerprint density at radius 2 is 0.805 bits per heavy atom. The van der Waals surface area contributed by atoms with E-state index < -0.39 is 86.7 Å². The second-order valence-corrected chi connectivity index (χ2v) is 19.7. The van der Waals surface area contributed by atoms with Crippen LogP contribution in [-0.4, -0.2) is 142 Å². The number of ether oxygens (including phenoxy) is 6. The van der Waals surface area contributed by atoms with Crippen LogP contribution in [0.5, 0.6) is 0 Å². The van der Waals surface area contributed by atoms with Crippen LogP contribution in [0.25, 0.3) is 0 Å². The van der Waals surface area contributed by atoms with Crippen molar-refractivity contribution in [1.29, 1.82) is 0 Å². The minimum Gasteiger partial charge on any atom is -0.457 e. The lowest BCUT2D eigenvalue weighted by molar-refractivity contribution is -0.332. The molecule has 2 rings (SSSR count). The molecule has 0 aliphatic carbocycles. The van der Waals surface area contributed by atoms with Crippen molar-refractivity contribution in [3.8, 4) is 0 Å².